The highest BCUT2D eigenvalue weighted by molar-refractivity contribution is 9.10. The van der Waals surface area contributed by atoms with Crippen molar-refractivity contribution in [2.75, 3.05) is 57.7 Å². The Morgan fingerprint density at radius 3 is 2.48 bits per heavy atom. The van der Waals surface area contributed by atoms with Gasteiger partial charge in [-0.25, -0.2) is 0 Å². The summed E-state index contributed by atoms with van der Waals surface area (Å²) in [5.41, 5.74) is 0.853. The molecule has 25 heavy (non-hydrogen) atoms. The van der Waals surface area contributed by atoms with Crippen molar-refractivity contribution in [2.24, 2.45) is 5.92 Å². The highest BCUT2D eigenvalue weighted by Crippen LogP contribution is 2.15. The van der Waals surface area contributed by atoms with E-state index in [9.17, 15) is 4.79 Å². The predicted molar refractivity (Wildman–Crippen MR) is 108 cm³/mol. The molecule has 3 rings (SSSR count). The maximum Gasteiger partial charge on any atom is 0.238 e. The van der Waals surface area contributed by atoms with Crippen LogP contribution >= 0.6 is 28.3 Å². The number of benzene rings is 1. The number of carbonyl (C=O) groups is 1. The van der Waals surface area contributed by atoms with Gasteiger partial charge in [0.25, 0.3) is 0 Å². The number of hydrogen-bond acceptors (Lipinski definition) is 4. The molecule has 0 bridgehead atoms. The second-order valence-electron chi connectivity index (χ2n) is 6.84. The normalized spacial score (nSPS) is 22.2. The number of amides is 1. The fraction of sp³-hybridized carbons (Fsp3) is 0.611. The molecule has 0 aliphatic carbocycles. The standard InChI is InChI=1S/C18H27BrN4O.ClH/c19-16-3-5-17(6-4-16)21-18(24)14-23-10-8-22(9-11-23)13-15-2-1-7-20-12-15;/h3-6,15,20H,1-2,7-14H2,(H,21,24);1H. The van der Waals surface area contributed by atoms with Gasteiger partial charge < -0.3 is 15.5 Å². The third kappa shape index (κ3) is 6.87. The Kier molecular flexibility index (Phi) is 8.66. The van der Waals surface area contributed by atoms with Crippen LogP contribution in [0.15, 0.2) is 28.7 Å². The van der Waals surface area contributed by atoms with Gasteiger partial charge >= 0.3 is 0 Å². The molecular formula is C18H28BrClN4O. The van der Waals surface area contributed by atoms with Crippen molar-refractivity contribution in [1.29, 1.82) is 0 Å². The molecule has 2 fully saturated rings. The van der Waals surface area contributed by atoms with Crippen LogP contribution < -0.4 is 10.6 Å². The minimum atomic E-state index is 0. The first kappa shape index (κ1) is 20.6. The molecule has 0 spiro atoms. The molecule has 5 nitrogen and oxygen atoms in total. The van der Waals surface area contributed by atoms with Crippen LogP contribution in [0.4, 0.5) is 5.69 Å². The fourth-order valence-electron chi connectivity index (χ4n) is 3.51. The first-order valence-corrected chi connectivity index (χ1v) is 9.69. The quantitative estimate of drug-likeness (QED) is 0.752. The smallest absolute Gasteiger partial charge is 0.238 e. The molecule has 0 saturated carbocycles. The number of rotatable bonds is 5. The van der Waals surface area contributed by atoms with Crippen LogP contribution in [0.25, 0.3) is 0 Å². The Hall–Kier alpha value is -0.660. The molecule has 2 heterocycles. The topological polar surface area (TPSA) is 47.6 Å². The lowest BCUT2D eigenvalue weighted by atomic mass is 9.99. The minimum absolute atomic E-state index is 0. The lowest BCUT2D eigenvalue weighted by Crippen LogP contribution is -2.50. The van der Waals surface area contributed by atoms with Gasteiger partial charge in [-0.15, -0.1) is 12.4 Å². The Labute approximate surface area is 165 Å². The first-order chi connectivity index (χ1) is 11.7. The third-order valence-corrected chi connectivity index (χ3v) is 5.40. The van der Waals surface area contributed by atoms with E-state index < -0.39 is 0 Å². The summed E-state index contributed by atoms with van der Waals surface area (Å²) >= 11 is 3.40. The van der Waals surface area contributed by atoms with E-state index in [1.165, 1.54) is 25.9 Å². The highest BCUT2D eigenvalue weighted by atomic mass is 79.9. The van der Waals surface area contributed by atoms with Gasteiger partial charge in [0.2, 0.25) is 5.91 Å². The molecule has 140 valence electrons. The Balaban J connectivity index is 0.00000225. The molecule has 1 atom stereocenters. The zero-order valence-corrected chi connectivity index (χ0v) is 16.9. The molecule has 7 heteroatoms. The number of hydrogen-bond donors (Lipinski definition) is 2. The number of piperazine rings is 1. The van der Waals surface area contributed by atoms with E-state index in [2.05, 4.69) is 36.4 Å². The van der Waals surface area contributed by atoms with Crippen molar-refractivity contribution in [2.45, 2.75) is 12.8 Å². The average Bonchev–Trinajstić information content (AvgIpc) is 2.60. The Morgan fingerprint density at radius 2 is 1.84 bits per heavy atom. The number of piperidine rings is 1. The molecule has 0 aromatic heterocycles. The van der Waals surface area contributed by atoms with Gasteiger partial charge in [0.05, 0.1) is 6.54 Å². The number of nitrogens with one attached hydrogen (secondary N) is 2. The number of halogens is 2. The third-order valence-electron chi connectivity index (χ3n) is 4.88. The molecule has 1 aromatic rings. The van der Waals surface area contributed by atoms with Crippen LogP contribution in [0.2, 0.25) is 0 Å². The molecule has 0 radical (unpaired) electrons. The Bertz CT molecular complexity index is 528. The van der Waals surface area contributed by atoms with Crippen LogP contribution in [0, 0.1) is 5.92 Å². The lowest BCUT2D eigenvalue weighted by molar-refractivity contribution is -0.117. The first-order valence-electron chi connectivity index (χ1n) is 8.90. The van der Waals surface area contributed by atoms with Crippen LogP contribution in [0.3, 0.4) is 0 Å². The van der Waals surface area contributed by atoms with Crippen molar-refractivity contribution in [3.05, 3.63) is 28.7 Å². The van der Waals surface area contributed by atoms with Gasteiger partial charge in [0.15, 0.2) is 0 Å². The Morgan fingerprint density at radius 1 is 1.16 bits per heavy atom. The molecule has 2 aliphatic rings. The van der Waals surface area contributed by atoms with Crippen molar-refractivity contribution in [1.82, 2.24) is 15.1 Å². The molecule has 1 amide bonds. The van der Waals surface area contributed by atoms with E-state index in [0.717, 1.165) is 48.8 Å². The van der Waals surface area contributed by atoms with E-state index in [-0.39, 0.29) is 18.3 Å². The molecule has 1 aromatic carbocycles. The number of anilines is 1. The minimum Gasteiger partial charge on any atom is -0.325 e. The van der Waals surface area contributed by atoms with Gasteiger partial charge in [-0.1, -0.05) is 15.9 Å². The summed E-state index contributed by atoms with van der Waals surface area (Å²) < 4.78 is 1.02. The van der Waals surface area contributed by atoms with Crippen LogP contribution in [-0.4, -0.2) is 68.1 Å². The maximum atomic E-state index is 12.2. The number of nitrogens with zero attached hydrogens (tertiary/aromatic N) is 2. The van der Waals surface area contributed by atoms with Crippen LogP contribution in [-0.2, 0) is 4.79 Å². The largest absolute Gasteiger partial charge is 0.325 e. The second kappa shape index (κ2) is 10.5. The summed E-state index contributed by atoms with van der Waals surface area (Å²) in [6.45, 7) is 8.13. The predicted octanol–water partition coefficient (Wildman–Crippen LogP) is 2.43. The molecule has 2 saturated heterocycles. The van der Waals surface area contributed by atoms with Crippen LogP contribution in [0.1, 0.15) is 12.8 Å². The monoisotopic (exact) mass is 430 g/mol. The van der Waals surface area contributed by atoms with Gasteiger partial charge in [-0.2, -0.15) is 0 Å². The van der Waals surface area contributed by atoms with Crippen LogP contribution in [0.5, 0.6) is 0 Å². The number of carbonyl (C=O) groups excluding carboxylic acids is 1. The molecule has 1 unspecified atom stereocenters. The van der Waals surface area contributed by atoms with Crippen molar-refractivity contribution < 1.29 is 4.79 Å². The average molecular weight is 432 g/mol. The van der Waals surface area contributed by atoms with Gasteiger partial charge in [0.1, 0.15) is 0 Å². The molecular weight excluding hydrogens is 404 g/mol. The molecule has 2 aliphatic heterocycles. The summed E-state index contributed by atoms with van der Waals surface area (Å²) in [5, 5.41) is 6.46. The van der Waals surface area contributed by atoms with Crippen molar-refractivity contribution in [3.63, 3.8) is 0 Å². The maximum absolute atomic E-state index is 12.2. The molecule has 2 N–H and O–H groups in total. The van der Waals surface area contributed by atoms with E-state index in [1.54, 1.807) is 0 Å². The lowest BCUT2D eigenvalue weighted by Gasteiger charge is -2.37. The van der Waals surface area contributed by atoms with E-state index >= 15 is 0 Å². The fourth-order valence-corrected chi connectivity index (χ4v) is 3.78. The summed E-state index contributed by atoms with van der Waals surface area (Å²) in [7, 11) is 0. The SMILES string of the molecule is Cl.O=C(CN1CCN(CC2CCCNC2)CC1)Nc1ccc(Br)cc1. The van der Waals surface area contributed by atoms with E-state index in [1.807, 2.05) is 24.3 Å². The van der Waals surface area contributed by atoms with E-state index in [4.69, 9.17) is 0 Å². The van der Waals surface area contributed by atoms with Gasteiger partial charge in [-0.05, 0) is 56.1 Å². The zero-order chi connectivity index (χ0) is 16.8. The van der Waals surface area contributed by atoms with Crippen molar-refractivity contribution in [3.8, 4) is 0 Å². The summed E-state index contributed by atoms with van der Waals surface area (Å²) in [6, 6.07) is 7.71. The highest BCUT2D eigenvalue weighted by Gasteiger charge is 2.22. The summed E-state index contributed by atoms with van der Waals surface area (Å²) in [5.74, 6) is 0.869. The summed E-state index contributed by atoms with van der Waals surface area (Å²) in [6.07, 6.45) is 2.66. The summed E-state index contributed by atoms with van der Waals surface area (Å²) in [4.78, 5) is 17.0. The van der Waals surface area contributed by atoms with E-state index in [0.29, 0.717) is 6.54 Å². The van der Waals surface area contributed by atoms with Crippen molar-refractivity contribution >= 4 is 39.9 Å². The zero-order valence-electron chi connectivity index (χ0n) is 14.5. The second-order valence-corrected chi connectivity index (χ2v) is 7.76. The van der Waals surface area contributed by atoms with Gasteiger partial charge in [-0.3, -0.25) is 9.69 Å². The van der Waals surface area contributed by atoms with Gasteiger partial charge in [0, 0.05) is 42.9 Å².